The molecule has 5 rings (SSSR count). The minimum Gasteiger partial charge on any atom is -0.493 e. The summed E-state index contributed by atoms with van der Waals surface area (Å²) in [5, 5.41) is 10.2. The number of carbonyl (C=O) groups is 1. The molecule has 2 aliphatic heterocycles. The van der Waals surface area contributed by atoms with Crippen LogP contribution >= 0.6 is 11.3 Å². The van der Waals surface area contributed by atoms with E-state index in [9.17, 15) is 9.90 Å². The van der Waals surface area contributed by atoms with E-state index in [4.69, 9.17) is 4.74 Å². The summed E-state index contributed by atoms with van der Waals surface area (Å²) in [7, 11) is -0.910. The number of urea groups is 1. The number of rotatable bonds is 3. The van der Waals surface area contributed by atoms with Crippen molar-refractivity contribution in [3.05, 3.63) is 46.1 Å². The Hall–Kier alpha value is -2.23. The highest BCUT2D eigenvalue weighted by atomic mass is 32.2. The topological polar surface area (TPSA) is 87.1 Å². The molecule has 0 spiro atoms. The molecule has 0 saturated heterocycles. The number of nitrogens with zero attached hydrogens (tertiary/aromatic N) is 3. The van der Waals surface area contributed by atoms with Crippen molar-refractivity contribution in [1.82, 2.24) is 9.71 Å². The van der Waals surface area contributed by atoms with Gasteiger partial charge >= 0.3 is 6.03 Å². The van der Waals surface area contributed by atoms with Gasteiger partial charge in [0, 0.05) is 30.9 Å². The van der Waals surface area contributed by atoms with Gasteiger partial charge < -0.3 is 14.6 Å². The number of fused-ring (bicyclic) bond motifs is 2. The van der Waals surface area contributed by atoms with Crippen LogP contribution in [0.5, 0.6) is 5.75 Å². The Balaban J connectivity index is 1.55. The predicted octanol–water partition coefficient (Wildman–Crippen LogP) is 3.61. The van der Waals surface area contributed by atoms with Crippen LogP contribution in [0.4, 0.5) is 10.5 Å². The third-order valence-electron chi connectivity index (χ3n) is 5.55. The van der Waals surface area contributed by atoms with Crippen LogP contribution in [0.3, 0.4) is 0 Å². The van der Waals surface area contributed by atoms with Crippen molar-refractivity contribution in [3.63, 3.8) is 0 Å². The molecule has 1 unspecified atom stereocenters. The van der Waals surface area contributed by atoms with E-state index in [0.717, 1.165) is 47.6 Å². The van der Waals surface area contributed by atoms with Crippen molar-refractivity contribution in [2.24, 2.45) is 4.36 Å². The zero-order valence-corrected chi connectivity index (χ0v) is 18.6. The maximum absolute atomic E-state index is 13.3. The van der Waals surface area contributed by atoms with E-state index in [2.05, 4.69) is 20.1 Å². The van der Waals surface area contributed by atoms with Gasteiger partial charge in [-0.1, -0.05) is 0 Å². The number of nitrogens with one attached hydrogen (secondary N) is 1. The van der Waals surface area contributed by atoms with Crippen molar-refractivity contribution in [3.8, 4) is 5.75 Å². The van der Waals surface area contributed by atoms with E-state index in [1.165, 1.54) is 22.5 Å². The Kier molecular flexibility index (Phi) is 4.91. The fraction of sp³-hybridized carbons (Fsp3) is 0.429. The van der Waals surface area contributed by atoms with Gasteiger partial charge in [-0.25, -0.2) is 9.78 Å². The quantitative estimate of drug-likeness (QED) is 0.755. The zero-order valence-electron chi connectivity index (χ0n) is 17.0. The summed E-state index contributed by atoms with van der Waals surface area (Å²) in [6, 6.07) is 1.89. The third-order valence-corrected chi connectivity index (χ3v) is 8.52. The van der Waals surface area contributed by atoms with Gasteiger partial charge in [0.25, 0.3) is 0 Å². The molecule has 0 bridgehead atoms. The molecule has 3 aliphatic rings. The normalized spacial score (nSPS) is 21.8. The van der Waals surface area contributed by atoms with Gasteiger partial charge in [-0.3, -0.25) is 4.90 Å². The molecular formula is C21H24N4O3S2. The molecule has 1 aliphatic carbocycles. The van der Waals surface area contributed by atoms with Gasteiger partial charge in [0.1, 0.15) is 5.75 Å². The van der Waals surface area contributed by atoms with Gasteiger partial charge in [0.05, 0.1) is 33.6 Å². The summed E-state index contributed by atoms with van der Waals surface area (Å²) >= 11 is 1.37. The number of benzene rings is 1. The van der Waals surface area contributed by atoms with Crippen LogP contribution in [-0.2, 0) is 35.7 Å². The highest BCUT2D eigenvalue weighted by Gasteiger charge is 2.31. The van der Waals surface area contributed by atoms with Gasteiger partial charge in [0.2, 0.25) is 0 Å². The minimum absolute atomic E-state index is 0.274. The van der Waals surface area contributed by atoms with Crippen LogP contribution in [0, 0.1) is 0 Å². The average Bonchev–Trinajstić information content (AvgIpc) is 3.42. The molecule has 0 radical (unpaired) electrons. The van der Waals surface area contributed by atoms with Crippen LogP contribution in [-0.4, -0.2) is 29.3 Å². The fourth-order valence-electron chi connectivity index (χ4n) is 4.11. The highest BCUT2D eigenvalue weighted by molar-refractivity contribution is 7.87. The largest absolute Gasteiger partial charge is 0.493 e. The first-order chi connectivity index (χ1) is 14.4. The molecule has 9 heteroatoms. The zero-order chi connectivity index (χ0) is 20.9. The number of thiazole rings is 1. The van der Waals surface area contributed by atoms with E-state index in [-0.39, 0.29) is 6.03 Å². The van der Waals surface area contributed by atoms with Crippen LogP contribution in [0.1, 0.15) is 41.8 Å². The second-order valence-electron chi connectivity index (χ2n) is 8.13. The maximum Gasteiger partial charge on any atom is 0.356 e. The second kappa shape index (κ2) is 7.47. The number of carbonyl (C=O) groups excluding carboxylic acids is 1. The lowest BCUT2D eigenvalue weighted by Gasteiger charge is -2.26. The van der Waals surface area contributed by atoms with Crippen molar-refractivity contribution in [2.45, 2.75) is 49.5 Å². The number of aliphatic hydroxyl groups is 1. The Bertz CT molecular complexity index is 1050. The molecule has 2 N–H and O–H groups in total. The molecule has 30 heavy (non-hydrogen) atoms. The summed E-state index contributed by atoms with van der Waals surface area (Å²) in [5.41, 5.74) is 3.70. The number of amides is 2. The van der Waals surface area contributed by atoms with Crippen molar-refractivity contribution >= 4 is 33.9 Å². The van der Waals surface area contributed by atoms with Crippen LogP contribution in [0.15, 0.2) is 33.2 Å². The lowest BCUT2D eigenvalue weighted by atomic mass is 9.99. The molecule has 0 saturated carbocycles. The third kappa shape index (κ3) is 3.44. The highest BCUT2D eigenvalue weighted by Crippen LogP contribution is 2.43. The van der Waals surface area contributed by atoms with E-state index in [0.29, 0.717) is 17.5 Å². The number of anilines is 1. The molecule has 2 aromatic rings. The molecule has 1 aromatic heterocycles. The first-order valence-corrected chi connectivity index (χ1v) is 12.1. The van der Waals surface area contributed by atoms with Gasteiger partial charge in [-0.2, -0.15) is 0 Å². The first-order valence-electron chi connectivity index (χ1n) is 10.1. The SMILES string of the molecule is CC(C)(O)c1cnc(S2=NC(=O)N(c3c4c(cc5c3CCO5)CCC4)C/C=C\N2)s1. The lowest BCUT2D eigenvalue weighted by molar-refractivity contribution is 0.0823. The summed E-state index contributed by atoms with van der Waals surface area (Å²) in [6.07, 6.45) is 9.38. The smallest absolute Gasteiger partial charge is 0.356 e. The van der Waals surface area contributed by atoms with Crippen molar-refractivity contribution < 1.29 is 14.6 Å². The Morgan fingerprint density at radius 3 is 2.97 bits per heavy atom. The molecule has 2 amide bonds. The first kappa shape index (κ1) is 19.7. The van der Waals surface area contributed by atoms with E-state index in [1.54, 1.807) is 24.9 Å². The summed E-state index contributed by atoms with van der Waals surface area (Å²) < 4.78 is 14.2. The van der Waals surface area contributed by atoms with Gasteiger partial charge in [0.15, 0.2) is 4.34 Å². The van der Waals surface area contributed by atoms with E-state index < -0.39 is 16.5 Å². The lowest BCUT2D eigenvalue weighted by Crippen LogP contribution is -2.33. The Morgan fingerprint density at radius 2 is 2.17 bits per heavy atom. The number of hydrogen-bond acceptors (Lipinski definition) is 6. The standard InChI is InChI=1S/C21H24N4O3S2/c1-21(2,27)17-12-22-20(29-17)30-23-8-4-9-25(19(26)24-30)18-14-6-3-5-13(14)11-16-15(18)7-10-28-16/h4,8,11-12,27H,3,5-7,9-10H2,1-2H3,(H,23,24,26)/b8-4-. The number of aryl methyl sites for hydroxylation is 1. The van der Waals surface area contributed by atoms with Crippen LogP contribution in [0.25, 0.3) is 0 Å². The van der Waals surface area contributed by atoms with E-state index >= 15 is 0 Å². The van der Waals surface area contributed by atoms with Gasteiger partial charge in [-0.05, 0) is 56.4 Å². The Morgan fingerprint density at radius 1 is 1.30 bits per heavy atom. The monoisotopic (exact) mass is 444 g/mol. The molecule has 1 atom stereocenters. The minimum atomic E-state index is -0.973. The number of ether oxygens (including phenoxy) is 1. The summed E-state index contributed by atoms with van der Waals surface area (Å²) in [4.78, 5) is 20.3. The molecule has 3 heterocycles. The van der Waals surface area contributed by atoms with Gasteiger partial charge in [-0.15, -0.1) is 15.7 Å². The molecule has 0 fully saturated rings. The predicted molar refractivity (Wildman–Crippen MR) is 118 cm³/mol. The number of aromatic nitrogens is 1. The fourth-order valence-corrected chi connectivity index (χ4v) is 6.46. The van der Waals surface area contributed by atoms with Crippen LogP contribution < -0.4 is 14.4 Å². The molecular weight excluding hydrogens is 420 g/mol. The number of hydrogen-bond donors (Lipinski definition) is 2. The molecule has 7 nitrogen and oxygen atoms in total. The van der Waals surface area contributed by atoms with Crippen LogP contribution in [0.2, 0.25) is 0 Å². The summed E-state index contributed by atoms with van der Waals surface area (Å²) in [5.74, 6) is 0.913. The Labute approximate surface area is 182 Å². The average molecular weight is 445 g/mol. The second-order valence-corrected chi connectivity index (χ2v) is 10.8. The van der Waals surface area contributed by atoms with E-state index in [1.807, 2.05) is 12.3 Å². The maximum atomic E-state index is 13.3. The van der Waals surface area contributed by atoms with Crippen molar-refractivity contribution in [2.75, 3.05) is 18.1 Å². The molecule has 158 valence electrons. The molecule has 1 aromatic carbocycles. The van der Waals surface area contributed by atoms with Crippen molar-refractivity contribution in [1.29, 1.82) is 0 Å². The summed E-state index contributed by atoms with van der Waals surface area (Å²) in [6.45, 7) is 4.57.